The van der Waals surface area contributed by atoms with E-state index in [1.807, 2.05) is 24.3 Å². The molecule has 1 heterocycles. The van der Waals surface area contributed by atoms with Crippen LogP contribution in [0.25, 0.3) is 0 Å². The highest BCUT2D eigenvalue weighted by atomic mass is 16.6. The summed E-state index contributed by atoms with van der Waals surface area (Å²) in [5.74, 6) is 1.41. The standard InChI is InChI=1S/C20H31N5O4/c1-5-29-20(27)25-12-10-24(11-13-25)19(22-15-18(26)23(2)3)21-14-16-6-8-17(28-4)9-7-16/h6-9H,5,10-15H2,1-4H3,(H,21,22). The predicted molar refractivity (Wildman–Crippen MR) is 111 cm³/mol. The number of hydrogen-bond acceptors (Lipinski definition) is 5. The Morgan fingerprint density at radius 2 is 1.72 bits per heavy atom. The zero-order valence-electron chi connectivity index (χ0n) is 17.7. The van der Waals surface area contributed by atoms with E-state index in [2.05, 4.69) is 10.2 Å². The average molecular weight is 405 g/mol. The number of rotatable bonds is 6. The summed E-state index contributed by atoms with van der Waals surface area (Å²) in [5, 5.41) is 3.16. The number of nitrogens with zero attached hydrogens (tertiary/aromatic N) is 4. The molecule has 0 spiro atoms. The maximum absolute atomic E-state index is 12.0. The normalized spacial score (nSPS) is 14.4. The van der Waals surface area contributed by atoms with Gasteiger partial charge in [-0.2, -0.15) is 0 Å². The van der Waals surface area contributed by atoms with Gasteiger partial charge < -0.3 is 29.5 Å². The molecule has 0 saturated carbocycles. The second-order valence-electron chi connectivity index (χ2n) is 6.80. The van der Waals surface area contributed by atoms with Gasteiger partial charge in [-0.25, -0.2) is 9.79 Å². The van der Waals surface area contributed by atoms with Crippen LogP contribution in [0.1, 0.15) is 12.5 Å². The van der Waals surface area contributed by atoms with Crippen molar-refractivity contribution in [1.82, 2.24) is 20.0 Å². The molecule has 9 heteroatoms. The van der Waals surface area contributed by atoms with Crippen molar-refractivity contribution in [3.05, 3.63) is 29.8 Å². The maximum atomic E-state index is 12.0. The third-order valence-electron chi connectivity index (χ3n) is 4.57. The van der Waals surface area contributed by atoms with E-state index >= 15 is 0 Å². The van der Waals surface area contributed by atoms with Crippen molar-refractivity contribution in [3.8, 4) is 5.75 Å². The number of hydrogen-bond donors (Lipinski definition) is 1. The van der Waals surface area contributed by atoms with E-state index in [9.17, 15) is 9.59 Å². The molecule has 1 aromatic carbocycles. The summed E-state index contributed by atoms with van der Waals surface area (Å²) in [6, 6.07) is 7.71. The number of carbonyl (C=O) groups is 2. The smallest absolute Gasteiger partial charge is 0.409 e. The molecule has 0 atom stereocenters. The first-order valence-corrected chi connectivity index (χ1v) is 9.72. The number of nitrogens with one attached hydrogen (secondary N) is 1. The Kier molecular flexibility index (Phi) is 8.57. The minimum atomic E-state index is -0.292. The van der Waals surface area contributed by atoms with Crippen molar-refractivity contribution >= 4 is 18.0 Å². The summed E-state index contributed by atoms with van der Waals surface area (Å²) in [6.45, 7) is 5.11. The monoisotopic (exact) mass is 405 g/mol. The number of guanidine groups is 1. The minimum Gasteiger partial charge on any atom is -0.497 e. The van der Waals surface area contributed by atoms with Crippen LogP contribution in [0, 0.1) is 0 Å². The number of carbonyl (C=O) groups excluding carboxylic acids is 2. The van der Waals surface area contributed by atoms with Gasteiger partial charge in [-0.3, -0.25) is 4.79 Å². The molecule has 1 aromatic rings. The fourth-order valence-corrected chi connectivity index (χ4v) is 2.79. The molecule has 160 valence electrons. The van der Waals surface area contributed by atoms with Crippen LogP contribution >= 0.6 is 0 Å². The molecule has 0 aromatic heterocycles. The molecule has 0 bridgehead atoms. The van der Waals surface area contributed by atoms with Crippen molar-refractivity contribution in [3.63, 3.8) is 0 Å². The highest BCUT2D eigenvalue weighted by Gasteiger charge is 2.24. The van der Waals surface area contributed by atoms with Gasteiger partial charge in [0.25, 0.3) is 0 Å². The first kappa shape index (κ1) is 22.3. The number of methoxy groups -OCH3 is 1. The molecule has 0 unspecified atom stereocenters. The van der Waals surface area contributed by atoms with E-state index in [1.165, 1.54) is 4.90 Å². The molecule has 2 amide bonds. The first-order chi connectivity index (χ1) is 13.9. The van der Waals surface area contributed by atoms with Crippen molar-refractivity contribution in [2.24, 2.45) is 4.99 Å². The maximum Gasteiger partial charge on any atom is 0.409 e. The molecule has 0 aliphatic carbocycles. The van der Waals surface area contributed by atoms with Gasteiger partial charge in [0.15, 0.2) is 5.96 Å². The van der Waals surface area contributed by atoms with Gasteiger partial charge in [0.1, 0.15) is 5.75 Å². The Hall–Kier alpha value is -2.97. The van der Waals surface area contributed by atoms with Crippen LogP contribution in [0.5, 0.6) is 5.75 Å². The summed E-state index contributed by atoms with van der Waals surface area (Å²) in [6.07, 6.45) is -0.292. The third-order valence-corrected chi connectivity index (χ3v) is 4.57. The highest BCUT2D eigenvalue weighted by molar-refractivity contribution is 5.86. The second-order valence-corrected chi connectivity index (χ2v) is 6.80. The van der Waals surface area contributed by atoms with Crippen molar-refractivity contribution in [1.29, 1.82) is 0 Å². The van der Waals surface area contributed by atoms with Crippen molar-refractivity contribution in [2.45, 2.75) is 13.5 Å². The lowest BCUT2D eigenvalue weighted by Crippen LogP contribution is -2.54. The van der Waals surface area contributed by atoms with Gasteiger partial charge in [0.2, 0.25) is 5.91 Å². The lowest BCUT2D eigenvalue weighted by Gasteiger charge is -2.36. The second kappa shape index (κ2) is 11.1. The Morgan fingerprint density at radius 1 is 1.10 bits per heavy atom. The van der Waals surface area contributed by atoms with Gasteiger partial charge in [0.05, 0.1) is 26.8 Å². The van der Waals surface area contributed by atoms with Crippen molar-refractivity contribution in [2.75, 3.05) is 60.5 Å². The molecular formula is C20H31N5O4. The van der Waals surface area contributed by atoms with E-state index < -0.39 is 0 Å². The molecule has 1 saturated heterocycles. The van der Waals surface area contributed by atoms with E-state index in [4.69, 9.17) is 14.5 Å². The molecule has 2 rings (SSSR count). The van der Waals surface area contributed by atoms with E-state index in [-0.39, 0.29) is 18.5 Å². The van der Waals surface area contributed by atoms with Crippen LogP contribution in [-0.4, -0.2) is 93.2 Å². The molecule has 1 fully saturated rings. The Bertz CT molecular complexity index is 697. The largest absolute Gasteiger partial charge is 0.497 e. The molecular weight excluding hydrogens is 374 g/mol. The van der Waals surface area contributed by atoms with Gasteiger partial charge in [-0.1, -0.05) is 12.1 Å². The predicted octanol–water partition coefficient (Wildman–Crippen LogP) is 1.00. The topological polar surface area (TPSA) is 86.7 Å². The van der Waals surface area contributed by atoms with E-state index in [1.54, 1.807) is 33.0 Å². The number of benzene rings is 1. The van der Waals surface area contributed by atoms with Crippen LogP contribution < -0.4 is 10.1 Å². The minimum absolute atomic E-state index is 0.0349. The summed E-state index contributed by atoms with van der Waals surface area (Å²) in [5.41, 5.74) is 1.04. The molecule has 1 aliphatic heterocycles. The molecule has 9 nitrogen and oxygen atoms in total. The Morgan fingerprint density at radius 3 is 2.28 bits per heavy atom. The summed E-state index contributed by atoms with van der Waals surface area (Å²) < 4.78 is 10.3. The number of aliphatic imine (C=N–C) groups is 1. The van der Waals surface area contributed by atoms with Crippen LogP contribution in [0.4, 0.5) is 4.79 Å². The zero-order chi connectivity index (χ0) is 21.2. The quantitative estimate of drug-likeness (QED) is 0.561. The van der Waals surface area contributed by atoms with Gasteiger partial charge in [-0.05, 0) is 24.6 Å². The first-order valence-electron chi connectivity index (χ1n) is 9.72. The fourth-order valence-electron chi connectivity index (χ4n) is 2.79. The SMILES string of the molecule is CCOC(=O)N1CCN(C(=NCc2ccc(OC)cc2)NCC(=O)N(C)C)CC1. The van der Waals surface area contributed by atoms with Crippen LogP contribution in [0.15, 0.2) is 29.3 Å². The lowest BCUT2D eigenvalue weighted by molar-refractivity contribution is -0.127. The zero-order valence-corrected chi connectivity index (χ0v) is 17.7. The summed E-state index contributed by atoms with van der Waals surface area (Å²) in [7, 11) is 5.07. The molecule has 1 N–H and O–H groups in total. The molecule has 29 heavy (non-hydrogen) atoms. The van der Waals surface area contributed by atoms with Crippen molar-refractivity contribution < 1.29 is 19.1 Å². The lowest BCUT2D eigenvalue weighted by atomic mass is 10.2. The van der Waals surface area contributed by atoms with Crippen LogP contribution in [-0.2, 0) is 16.1 Å². The Balaban J connectivity index is 2.04. The number of piperazine rings is 1. The van der Waals surface area contributed by atoms with Gasteiger partial charge in [0, 0.05) is 40.3 Å². The fraction of sp³-hybridized carbons (Fsp3) is 0.550. The third kappa shape index (κ3) is 6.85. The molecule has 0 radical (unpaired) electrons. The summed E-state index contributed by atoms with van der Waals surface area (Å²) in [4.78, 5) is 33.9. The number of likely N-dealkylation sites (N-methyl/N-ethyl adjacent to an activating group) is 1. The number of ether oxygens (including phenoxy) is 2. The highest BCUT2D eigenvalue weighted by Crippen LogP contribution is 2.12. The van der Waals surface area contributed by atoms with E-state index in [0.29, 0.717) is 45.3 Å². The number of amides is 2. The Labute approximate surface area is 172 Å². The van der Waals surface area contributed by atoms with E-state index in [0.717, 1.165) is 11.3 Å². The average Bonchev–Trinajstić information content (AvgIpc) is 2.74. The summed E-state index contributed by atoms with van der Waals surface area (Å²) >= 11 is 0. The van der Waals surface area contributed by atoms with Gasteiger partial charge in [-0.15, -0.1) is 0 Å². The molecule has 1 aliphatic rings. The van der Waals surface area contributed by atoms with Crippen LogP contribution in [0.2, 0.25) is 0 Å². The van der Waals surface area contributed by atoms with Crippen LogP contribution in [0.3, 0.4) is 0 Å². The van der Waals surface area contributed by atoms with Gasteiger partial charge >= 0.3 is 6.09 Å².